The predicted octanol–water partition coefficient (Wildman–Crippen LogP) is 5.21. The quantitative estimate of drug-likeness (QED) is 0.622. The molecule has 0 atom stereocenters. The highest BCUT2D eigenvalue weighted by Gasteiger charge is 2.23. The van der Waals surface area contributed by atoms with E-state index >= 15 is 0 Å². The zero-order valence-corrected chi connectivity index (χ0v) is 12.7. The monoisotopic (exact) mass is 231 g/mol. The minimum atomic E-state index is 0.168. The Bertz CT molecular complexity index is 383. The smallest absolute Gasteiger partial charge is 0.0100 e. The lowest BCUT2D eigenvalue weighted by atomic mass is 9.76. The van der Waals surface area contributed by atoms with E-state index in [2.05, 4.69) is 73.6 Å². The largest absolute Gasteiger partial charge is 0.0587 e. The van der Waals surface area contributed by atoms with E-state index in [1.165, 1.54) is 16.7 Å². The van der Waals surface area contributed by atoms with Crippen molar-refractivity contribution in [1.82, 2.24) is 0 Å². The Morgan fingerprint density at radius 2 is 1.41 bits per heavy atom. The normalized spacial score (nSPS) is 13.2. The average Bonchev–Trinajstić information content (AvgIpc) is 2.14. The number of hydrogen-bond donors (Lipinski definition) is 0. The summed E-state index contributed by atoms with van der Waals surface area (Å²) in [5.74, 6) is 0.564. The van der Waals surface area contributed by atoms with Gasteiger partial charge in [0.15, 0.2) is 0 Å². The second-order valence-corrected chi connectivity index (χ2v) is 7.36. The second kappa shape index (κ2) is 4.48. The van der Waals surface area contributed by atoms with Gasteiger partial charge in [-0.2, -0.15) is 0 Å². The first kappa shape index (κ1) is 14.3. The molecular weight excluding hydrogens is 204 g/mol. The Kier molecular flexibility index (Phi) is 3.76. The van der Waals surface area contributed by atoms with Gasteiger partial charge < -0.3 is 0 Å². The van der Waals surface area contributed by atoms with Crippen LogP contribution in [0.15, 0.2) is 12.1 Å². The average molecular weight is 231 g/mol. The Morgan fingerprint density at radius 3 is 1.76 bits per heavy atom. The third-order valence-corrected chi connectivity index (χ3v) is 3.16. The minimum absolute atomic E-state index is 0.168. The van der Waals surface area contributed by atoms with Crippen LogP contribution in [0.3, 0.4) is 0 Å². The van der Waals surface area contributed by atoms with Crippen molar-refractivity contribution < 1.29 is 0 Å². The van der Waals surface area contributed by atoms with Gasteiger partial charge in [-0.1, -0.05) is 67.5 Å². The molecule has 0 aromatic heterocycles. The standard InChI is InChI=1S/C17H27/c1-12(2)14-10-9-13(16(3,4)5)11-15(14)17(6,7)8/h9-10,12H,1-8H3. The maximum absolute atomic E-state index is 3.67. The molecular formula is C17H27. The zero-order chi connectivity index (χ0) is 13.4. The number of rotatable bonds is 1. The lowest BCUT2D eigenvalue weighted by Crippen LogP contribution is -2.19. The maximum Gasteiger partial charge on any atom is -0.0100 e. The topological polar surface area (TPSA) is 0 Å². The highest BCUT2D eigenvalue weighted by molar-refractivity contribution is 5.39. The summed E-state index contributed by atoms with van der Waals surface area (Å²) in [7, 11) is 0. The molecule has 1 radical (unpaired) electrons. The van der Waals surface area contributed by atoms with Crippen molar-refractivity contribution in [2.45, 2.75) is 72.1 Å². The van der Waals surface area contributed by atoms with Gasteiger partial charge in [-0.15, -0.1) is 0 Å². The Labute approximate surface area is 107 Å². The number of benzene rings is 1. The van der Waals surface area contributed by atoms with E-state index in [9.17, 15) is 0 Å². The summed E-state index contributed by atoms with van der Waals surface area (Å²) in [6, 6.07) is 8.21. The van der Waals surface area contributed by atoms with E-state index in [1.807, 2.05) is 0 Å². The fourth-order valence-electron chi connectivity index (χ4n) is 2.04. The van der Waals surface area contributed by atoms with Crippen molar-refractivity contribution in [2.75, 3.05) is 0 Å². The molecule has 0 spiro atoms. The Hall–Kier alpha value is -0.780. The molecule has 17 heavy (non-hydrogen) atoms. The SMILES string of the molecule is CC(C)c1ccc(C(C)(C)C)[c]c1C(C)(C)C. The molecule has 0 saturated heterocycles. The van der Waals surface area contributed by atoms with E-state index in [-0.39, 0.29) is 10.8 Å². The molecule has 0 aliphatic rings. The summed E-state index contributed by atoms with van der Waals surface area (Å²) in [5.41, 5.74) is 4.47. The second-order valence-electron chi connectivity index (χ2n) is 7.36. The van der Waals surface area contributed by atoms with Crippen LogP contribution in [0.25, 0.3) is 0 Å². The molecule has 95 valence electrons. The van der Waals surface area contributed by atoms with Gasteiger partial charge in [0, 0.05) is 0 Å². The van der Waals surface area contributed by atoms with Crippen LogP contribution in [0.5, 0.6) is 0 Å². The van der Waals surface area contributed by atoms with E-state index in [0.29, 0.717) is 5.92 Å². The van der Waals surface area contributed by atoms with Gasteiger partial charge in [-0.3, -0.25) is 0 Å². The summed E-state index contributed by atoms with van der Waals surface area (Å²) < 4.78 is 0. The Morgan fingerprint density at radius 1 is 0.882 bits per heavy atom. The van der Waals surface area contributed by atoms with Crippen LogP contribution in [-0.4, -0.2) is 0 Å². The van der Waals surface area contributed by atoms with Crippen LogP contribution in [0.4, 0.5) is 0 Å². The van der Waals surface area contributed by atoms with Gasteiger partial charge in [-0.05, 0) is 39.5 Å². The van der Waals surface area contributed by atoms with Crippen molar-refractivity contribution in [3.8, 4) is 0 Å². The summed E-state index contributed by atoms with van der Waals surface area (Å²) in [4.78, 5) is 0. The van der Waals surface area contributed by atoms with Crippen LogP contribution in [0.2, 0.25) is 0 Å². The molecule has 0 saturated carbocycles. The summed E-state index contributed by atoms with van der Waals surface area (Å²) in [6.07, 6.45) is 0. The van der Waals surface area contributed by atoms with Gasteiger partial charge in [-0.25, -0.2) is 0 Å². The zero-order valence-electron chi connectivity index (χ0n) is 12.7. The fraction of sp³-hybridized carbons (Fsp3) is 0.647. The molecule has 0 heteroatoms. The first-order chi connectivity index (χ1) is 7.53. The molecule has 0 aliphatic carbocycles. The van der Waals surface area contributed by atoms with Crippen LogP contribution in [0.1, 0.15) is 78.0 Å². The van der Waals surface area contributed by atoms with E-state index in [1.54, 1.807) is 0 Å². The molecule has 0 unspecified atom stereocenters. The van der Waals surface area contributed by atoms with Gasteiger partial charge in [0.2, 0.25) is 0 Å². The van der Waals surface area contributed by atoms with E-state index in [0.717, 1.165) is 0 Å². The molecule has 1 aromatic carbocycles. The van der Waals surface area contributed by atoms with E-state index < -0.39 is 0 Å². The first-order valence-corrected chi connectivity index (χ1v) is 6.60. The third kappa shape index (κ3) is 3.34. The first-order valence-electron chi connectivity index (χ1n) is 6.60. The van der Waals surface area contributed by atoms with Crippen molar-refractivity contribution in [3.05, 3.63) is 34.9 Å². The lowest BCUT2D eigenvalue weighted by Gasteiger charge is -2.28. The van der Waals surface area contributed by atoms with Crippen LogP contribution >= 0.6 is 0 Å². The molecule has 0 bridgehead atoms. The van der Waals surface area contributed by atoms with Gasteiger partial charge in [0.1, 0.15) is 0 Å². The lowest BCUT2D eigenvalue weighted by molar-refractivity contribution is 0.557. The van der Waals surface area contributed by atoms with Gasteiger partial charge in [0.05, 0.1) is 0 Å². The molecule has 0 heterocycles. The molecule has 1 rings (SSSR count). The van der Waals surface area contributed by atoms with E-state index in [4.69, 9.17) is 0 Å². The molecule has 1 aromatic rings. The highest BCUT2D eigenvalue weighted by Crippen LogP contribution is 2.33. The van der Waals surface area contributed by atoms with Crippen molar-refractivity contribution in [2.24, 2.45) is 0 Å². The molecule has 0 amide bonds. The molecule has 0 N–H and O–H groups in total. The van der Waals surface area contributed by atoms with Crippen molar-refractivity contribution >= 4 is 0 Å². The van der Waals surface area contributed by atoms with Crippen molar-refractivity contribution in [1.29, 1.82) is 0 Å². The van der Waals surface area contributed by atoms with Crippen LogP contribution < -0.4 is 0 Å². The minimum Gasteiger partial charge on any atom is -0.0587 e. The van der Waals surface area contributed by atoms with Crippen LogP contribution in [0, 0.1) is 6.07 Å². The summed E-state index contributed by atoms with van der Waals surface area (Å²) >= 11 is 0. The predicted molar refractivity (Wildman–Crippen MR) is 76.8 cm³/mol. The third-order valence-electron chi connectivity index (χ3n) is 3.16. The maximum atomic E-state index is 3.67. The molecule has 0 aliphatic heterocycles. The number of hydrogen-bond acceptors (Lipinski definition) is 0. The van der Waals surface area contributed by atoms with Gasteiger partial charge >= 0.3 is 0 Å². The Balaban J connectivity index is 3.41. The van der Waals surface area contributed by atoms with Gasteiger partial charge in [0.25, 0.3) is 0 Å². The molecule has 0 nitrogen and oxygen atoms in total. The highest BCUT2D eigenvalue weighted by atomic mass is 14.3. The van der Waals surface area contributed by atoms with Crippen LogP contribution in [-0.2, 0) is 10.8 Å². The van der Waals surface area contributed by atoms with Crippen molar-refractivity contribution in [3.63, 3.8) is 0 Å². The summed E-state index contributed by atoms with van der Waals surface area (Å²) in [6.45, 7) is 18.1. The molecule has 0 fully saturated rings. The fourth-order valence-corrected chi connectivity index (χ4v) is 2.04. The summed E-state index contributed by atoms with van der Waals surface area (Å²) in [5, 5.41) is 0.